The molecule has 2 aliphatic rings. The summed E-state index contributed by atoms with van der Waals surface area (Å²) in [6.07, 6.45) is 0.849. The van der Waals surface area contributed by atoms with Gasteiger partial charge in [-0.05, 0) is 12.3 Å². The van der Waals surface area contributed by atoms with Crippen LogP contribution in [0.15, 0.2) is 0 Å². The quantitative estimate of drug-likeness (QED) is 0.562. The minimum Gasteiger partial charge on any atom is -0.258 e. The molecule has 0 N–H and O–H groups in total. The molecule has 0 aromatic rings. The molecule has 2 fully saturated rings. The highest BCUT2D eigenvalue weighted by Gasteiger charge is 2.58. The van der Waals surface area contributed by atoms with Crippen molar-refractivity contribution < 1.29 is 12.6 Å². The molecule has 1 unspecified atom stereocenters. The number of nitrogens with zero attached hydrogens (tertiary/aromatic N) is 1. The molecule has 0 amide bonds. The Bertz CT molecular complexity index is 285. The van der Waals surface area contributed by atoms with Gasteiger partial charge < -0.3 is 0 Å². The Labute approximate surface area is 72.8 Å². The van der Waals surface area contributed by atoms with Crippen LogP contribution in [0.1, 0.15) is 20.3 Å². The van der Waals surface area contributed by atoms with Gasteiger partial charge >= 0.3 is 10.3 Å². The number of rotatable bonds is 1. The maximum Gasteiger partial charge on any atom is 0.339 e. The van der Waals surface area contributed by atoms with Crippen molar-refractivity contribution in [2.24, 2.45) is 5.92 Å². The third-order valence-corrected chi connectivity index (χ3v) is 4.01. The van der Waals surface area contributed by atoms with Gasteiger partial charge in [-0.1, -0.05) is 13.8 Å². The van der Waals surface area contributed by atoms with Crippen LogP contribution in [-0.4, -0.2) is 31.4 Å². The van der Waals surface area contributed by atoms with E-state index in [2.05, 4.69) is 0 Å². The van der Waals surface area contributed by atoms with E-state index in [9.17, 15) is 8.42 Å². The molecule has 0 aliphatic carbocycles. The highest BCUT2D eigenvalue weighted by atomic mass is 32.2. The summed E-state index contributed by atoms with van der Waals surface area (Å²) in [5, 5.41) is 0. The van der Waals surface area contributed by atoms with Gasteiger partial charge in [0.05, 0.1) is 6.61 Å². The lowest BCUT2D eigenvalue weighted by Gasteiger charge is -2.10. The van der Waals surface area contributed by atoms with Crippen LogP contribution in [0.2, 0.25) is 0 Å². The van der Waals surface area contributed by atoms with Crippen LogP contribution in [-0.2, 0) is 14.5 Å². The maximum atomic E-state index is 11.2. The number of hydrogen-bond acceptors (Lipinski definition) is 3. The highest BCUT2D eigenvalue weighted by Crippen LogP contribution is 2.42. The molecule has 0 radical (unpaired) electrons. The first-order chi connectivity index (χ1) is 5.54. The number of fused-ring (bicyclic) bond motifs is 1. The largest absolute Gasteiger partial charge is 0.339 e. The summed E-state index contributed by atoms with van der Waals surface area (Å²) in [5.41, 5.74) is 0. The van der Waals surface area contributed by atoms with Crippen molar-refractivity contribution in [3.8, 4) is 0 Å². The van der Waals surface area contributed by atoms with E-state index in [0.717, 1.165) is 6.42 Å². The Hall–Kier alpha value is -0.130. The van der Waals surface area contributed by atoms with Crippen molar-refractivity contribution in [1.29, 1.82) is 0 Å². The van der Waals surface area contributed by atoms with Crippen molar-refractivity contribution in [3.63, 3.8) is 0 Å². The molecule has 0 bridgehead atoms. The Morgan fingerprint density at radius 2 is 2.17 bits per heavy atom. The van der Waals surface area contributed by atoms with Gasteiger partial charge in [0.1, 0.15) is 0 Å². The van der Waals surface area contributed by atoms with Crippen LogP contribution in [0, 0.1) is 5.92 Å². The van der Waals surface area contributed by atoms with E-state index in [4.69, 9.17) is 4.18 Å². The molecule has 12 heavy (non-hydrogen) atoms. The fourth-order valence-electron chi connectivity index (χ4n) is 1.96. The second kappa shape index (κ2) is 2.43. The van der Waals surface area contributed by atoms with Gasteiger partial charge in [0, 0.05) is 12.1 Å². The predicted octanol–water partition coefficient (Wildman–Crippen LogP) is 0.360. The summed E-state index contributed by atoms with van der Waals surface area (Å²) >= 11 is 0. The van der Waals surface area contributed by atoms with E-state index in [1.54, 1.807) is 0 Å². The zero-order valence-electron chi connectivity index (χ0n) is 7.23. The summed E-state index contributed by atoms with van der Waals surface area (Å²) in [6, 6.07) is 0.418. The fraction of sp³-hybridized carbons (Fsp3) is 1.00. The average molecular weight is 191 g/mol. The van der Waals surface area contributed by atoms with E-state index in [0.29, 0.717) is 12.5 Å². The molecular weight excluding hydrogens is 178 g/mol. The normalized spacial score (nSPS) is 44.1. The van der Waals surface area contributed by atoms with Crippen molar-refractivity contribution in [1.82, 2.24) is 4.31 Å². The van der Waals surface area contributed by atoms with Gasteiger partial charge in [0.15, 0.2) is 0 Å². The second-order valence-electron chi connectivity index (χ2n) is 3.70. The third-order valence-electron chi connectivity index (χ3n) is 2.51. The monoisotopic (exact) mass is 191 g/mol. The molecule has 2 heterocycles. The minimum atomic E-state index is -3.35. The van der Waals surface area contributed by atoms with Gasteiger partial charge in [-0.2, -0.15) is 12.7 Å². The zero-order chi connectivity index (χ0) is 8.93. The first-order valence-corrected chi connectivity index (χ1v) is 5.58. The summed E-state index contributed by atoms with van der Waals surface area (Å²) in [7, 11) is -3.35. The molecule has 5 heteroatoms. The SMILES string of the molecule is CC(C)[C@@H]1[C@H]2CCOS(=O)(=O)N21. The molecule has 4 nitrogen and oxygen atoms in total. The van der Waals surface area contributed by atoms with E-state index in [1.807, 2.05) is 13.8 Å². The van der Waals surface area contributed by atoms with E-state index >= 15 is 0 Å². The van der Waals surface area contributed by atoms with Crippen molar-refractivity contribution >= 4 is 10.3 Å². The summed E-state index contributed by atoms with van der Waals surface area (Å²) < 4.78 is 28.7. The molecule has 0 spiro atoms. The molecule has 2 saturated heterocycles. The lowest BCUT2D eigenvalue weighted by molar-refractivity contribution is 0.265. The van der Waals surface area contributed by atoms with Gasteiger partial charge in [0.2, 0.25) is 0 Å². The van der Waals surface area contributed by atoms with E-state index in [-0.39, 0.29) is 12.1 Å². The van der Waals surface area contributed by atoms with Crippen LogP contribution in [0.4, 0.5) is 0 Å². The van der Waals surface area contributed by atoms with Crippen molar-refractivity contribution in [3.05, 3.63) is 0 Å². The van der Waals surface area contributed by atoms with Gasteiger partial charge in [0.25, 0.3) is 0 Å². The third kappa shape index (κ3) is 1.08. The molecule has 0 aromatic carbocycles. The molecule has 0 saturated carbocycles. The van der Waals surface area contributed by atoms with Crippen LogP contribution in [0.3, 0.4) is 0 Å². The van der Waals surface area contributed by atoms with Crippen LogP contribution >= 0.6 is 0 Å². The first-order valence-electron chi connectivity index (χ1n) is 4.22. The smallest absolute Gasteiger partial charge is 0.258 e. The summed E-state index contributed by atoms with van der Waals surface area (Å²) in [5.74, 6) is 0.395. The topological polar surface area (TPSA) is 46.4 Å². The summed E-state index contributed by atoms with van der Waals surface area (Å²) in [6.45, 7) is 4.43. The lowest BCUT2D eigenvalue weighted by Crippen LogP contribution is -2.24. The standard InChI is InChI=1S/C7H13NO3S/c1-5(2)7-6-3-4-11-12(9,10)8(6)7/h5-7H,3-4H2,1-2H3/t6-,7-,8?/m1/s1. The number of hydrogen-bond donors (Lipinski definition) is 0. The molecule has 0 aromatic heterocycles. The Balaban J connectivity index is 2.20. The Kier molecular flexibility index (Phi) is 1.72. The van der Waals surface area contributed by atoms with Crippen molar-refractivity contribution in [2.75, 3.05) is 6.61 Å². The zero-order valence-corrected chi connectivity index (χ0v) is 8.04. The lowest BCUT2D eigenvalue weighted by atomic mass is 10.1. The predicted molar refractivity (Wildman–Crippen MR) is 43.7 cm³/mol. The Morgan fingerprint density at radius 3 is 2.67 bits per heavy atom. The van der Waals surface area contributed by atoms with Gasteiger partial charge in [-0.15, -0.1) is 0 Å². The van der Waals surface area contributed by atoms with Gasteiger partial charge in [-0.25, -0.2) is 0 Å². The average Bonchev–Trinajstić information content (AvgIpc) is 2.61. The highest BCUT2D eigenvalue weighted by molar-refractivity contribution is 7.84. The fourth-order valence-corrected chi connectivity index (χ4v) is 3.58. The van der Waals surface area contributed by atoms with Crippen LogP contribution in [0.5, 0.6) is 0 Å². The molecule has 2 rings (SSSR count). The van der Waals surface area contributed by atoms with E-state index < -0.39 is 10.3 Å². The van der Waals surface area contributed by atoms with Crippen molar-refractivity contribution in [2.45, 2.75) is 32.4 Å². The molecule has 3 atom stereocenters. The second-order valence-corrected chi connectivity index (χ2v) is 5.21. The maximum absolute atomic E-state index is 11.2. The molecule has 70 valence electrons. The van der Waals surface area contributed by atoms with E-state index in [1.165, 1.54) is 4.31 Å². The molecule has 2 aliphatic heterocycles. The van der Waals surface area contributed by atoms with Crippen LogP contribution < -0.4 is 0 Å². The minimum absolute atomic E-state index is 0.192. The Morgan fingerprint density at radius 1 is 1.50 bits per heavy atom. The van der Waals surface area contributed by atoms with Gasteiger partial charge in [-0.3, -0.25) is 4.18 Å². The first kappa shape index (κ1) is 8.47. The summed E-state index contributed by atoms with van der Waals surface area (Å²) in [4.78, 5) is 0. The van der Waals surface area contributed by atoms with Crippen LogP contribution in [0.25, 0.3) is 0 Å². The molecular formula is C7H13NO3S.